The van der Waals surface area contributed by atoms with Gasteiger partial charge in [0.2, 0.25) is 5.91 Å². The molecule has 1 amide bonds. The molecular formula is C18H20N2O. The van der Waals surface area contributed by atoms with E-state index < -0.39 is 0 Å². The molecule has 3 heteroatoms. The van der Waals surface area contributed by atoms with Crippen LogP contribution in [0.25, 0.3) is 0 Å². The summed E-state index contributed by atoms with van der Waals surface area (Å²) < 4.78 is 0. The Morgan fingerprint density at radius 2 is 1.95 bits per heavy atom. The second kappa shape index (κ2) is 5.24. The van der Waals surface area contributed by atoms with Gasteiger partial charge < -0.3 is 10.2 Å². The van der Waals surface area contributed by atoms with Gasteiger partial charge in [-0.2, -0.15) is 0 Å². The average molecular weight is 280 g/mol. The molecule has 1 aliphatic heterocycles. The van der Waals surface area contributed by atoms with Crippen molar-refractivity contribution < 1.29 is 4.79 Å². The molecule has 0 saturated heterocycles. The van der Waals surface area contributed by atoms with Crippen molar-refractivity contribution in [3.63, 3.8) is 0 Å². The van der Waals surface area contributed by atoms with E-state index in [9.17, 15) is 4.79 Å². The summed E-state index contributed by atoms with van der Waals surface area (Å²) in [4.78, 5) is 14.6. The monoisotopic (exact) mass is 280 g/mol. The average Bonchev–Trinajstić information content (AvgIpc) is 2.90. The highest BCUT2D eigenvalue weighted by Gasteiger charge is 2.31. The molecular weight excluding hydrogens is 260 g/mol. The largest absolute Gasteiger partial charge is 0.384 e. The maximum absolute atomic E-state index is 12.8. The fourth-order valence-electron chi connectivity index (χ4n) is 3.04. The molecule has 0 aliphatic carbocycles. The minimum atomic E-state index is -0.105. The Morgan fingerprint density at radius 1 is 1.19 bits per heavy atom. The number of rotatable bonds is 2. The Balaban J connectivity index is 1.89. The van der Waals surface area contributed by atoms with Crippen LogP contribution < -0.4 is 10.2 Å². The molecule has 1 atom stereocenters. The lowest BCUT2D eigenvalue weighted by Gasteiger charge is -2.23. The summed E-state index contributed by atoms with van der Waals surface area (Å²) in [5.74, 6) is 0.0336. The normalized spacial score (nSPS) is 16.2. The molecule has 2 aromatic carbocycles. The molecule has 0 aromatic heterocycles. The van der Waals surface area contributed by atoms with E-state index in [1.807, 2.05) is 50.4 Å². The van der Waals surface area contributed by atoms with Gasteiger partial charge in [-0.15, -0.1) is 0 Å². The Hall–Kier alpha value is -2.29. The number of nitrogens with zero attached hydrogens (tertiary/aromatic N) is 1. The summed E-state index contributed by atoms with van der Waals surface area (Å²) in [6.45, 7) is 4.79. The van der Waals surface area contributed by atoms with Crippen LogP contribution in [0, 0.1) is 13.8 Å². The second-order valence-electron chi connectivity index (χ2n) is 5.71. The molecule has 0 bridgehead atoms. The lowest BCUT2D eigenvalue weighted by Crippen LogP contribution is -2.33. The smallest absolute Gasteiger partial charge is 0.236 e. The van der Waals surface area contributed by atoms with Crippen molar-refractivity contribution in [2.75, 3.05) is 23.8 Å². The second-order valence-corrected chi connectivity index (χ2v) is 5.71. The number of amides is 1. The highest BCUT2D eigenvalue weighted by atomic mass is 16.2. The van der Waals surface area contributed by atoms with Crippen LogP contribution in [0.5, 0.6) is 0 Å². The molecule has 3 rings (SSSR count). The topological polar surface area (TPSA) is 32.3 Å². The molecule has 21 heavy (non-hydrogen) atoms. The van der Waals surface area contributed by atoms with Crippen LogP contribution in [0.3, 0.4) is 0 Å². The van der Waals surface area contributed by atoms with Crippen LogP contribution in [0.15, 0.2) is 42.5 Å². The molecule has 3 nitrogen and oxygen atoms in total. The van der Waals surface area contributed by atoms with Crippen LogP contribution in [0.1, 0.15) is 22.6 Å². The van der Waals surface area contributed by atoms with Crippen LogP contribution in [-0.4, -0.2) is 19.5 Å². The first kappa shape index (κ1) is 13.7. The summed E-state index contributed by atoms with van der Waals surface area (Å²) in [5, 5.41) is 3.31. The first-order valence-corrected chi connectivity index (χ1v) is 7.25. The molecule has 0 radical (unpaired) electrons. The van der Waals surface area contributed by atoms with Crippen molar-refractivity contribution in [1.29, 1.82) is 0 Å². The SMILES string of the molecule is Cc1ccc(N(C)C(=O)C2CNc3ccccc32)c(C)c1. The highest BCUT2D eigenvalue weighted by Crippen LogP contribution is 2.33. The predicted octanol–water partition coefficient (Wildman–Crippen LogP) is 3.48. The Labute approximate surface area is 125 Å². The molecule has 1 N–H and O–H groups in total. The Kier molecular flexibility index (Phi) is 3.42. The van der Waals surface area contributed by atoms with E-state index in [1.165, 1.54) is 5.56 Å². The number of benzene rings is 2. The Morgan fingerprint density at radius 3 is 2.71 bits per heavy atom. The van der Waals surface area contributed by atoms with Gasteiger partial charge in [-0.3, -0.25) is 4.79 Å². The number of likely N-dealkylation sites (N-methyl/N-ethyl adjacent to an activating group) is 1. The maximum Gasteiger partial charge on any atom is 0.236 e. The molecule has 0 saturated carbocycles. The van der Waals surface area contributed by atoms with Gasteiger partial charge in [0.15, 0.2) is 0 Å². The van der Waals surface area contributed by atoms with Gasteiger partial charge in [0.05, 0.1) is 5.92 Å². The quantitative estimate of drug-likeness (QED) is 0.913. The maximum atomic E-state index is 12.8. The highest BCUT2D eigenvalue weighted by molar-refractivity contribution is 6.00. The van der Waals surface area contributed by atoms with Crippen LogP contribution in [0.4, 0.5) is 11.4 Å². The third-order valence-electron chi connectivity index (χ3n) is 4.18. The van der Waals surface area contributed by atoms with Crippen molar-refractivity contribution in [3.05, 3.63) is 59.2 Å². The summed E-state index contributed by atoms with van der Waals surface area (Å²) in [5.41, 5.74) is 5.49. The zero-order valence-electron chi connectivity index (χ0n) is 12.7. The number of para-hydroxylation sites is 1. The standard InChI is InChI=1S/C18H20N2O/c1-12-8-9-17(13(2)10-12)20(3)18(21)15-11-19-16-7-5-4-6-14(15)16/h4-10,15,19H,11H2,1-3H3. The zero-order chi connectivity index (χ0) is 15.0. The predicted molar refractivity (Wildman–Crippen MR) is 87.0 cm³/mol. The van der Waals surface area contributed by atoms with E-state index in [-0.39, 0.29) is 11.8 Å². The number of carbonyl (C=O) groups excluding carboxylic acids is 1. The van der Waals surface area contributed by atoms with E-state index in [4.69, 9.17) is 0 Å². The van der Waals surface area contributed by atoms with E-state index in [1.54, 1.807) is 4.90 Å². The number of carbonyl (C=O) groups is 1. The number of aryl methyl sites for hydroxylation is 2. The molecule has 108 valence electrons. The molecule has 0 fully saturated rings. The number of hydrogen-bond donors (Lipinski definition) is 1. The van der Waals surface area contributed by atoms with E-state index in [2.05, 4.69) is 18.3 Å². The molecule has 0 spiro atoms. The van der Waals surface area contributed by atoms with Crippen LogP contribution in [0.2, 0.25) is 0 Å². The molecule has 2 aromatic rings. The fourth-order valence-corrected chi connectivity index (χ4v) is 3.04. The fraction of sp³-hybridized carbons (Fsp3) is 0.278. The van der Waals surface area contributed by atoms with Crippen molar-refractivity contribution in [2.24, 2.45) is 0 Å². The molecule has 1 aliphatic rings. The molecule has 1 unspecified atom stereocenters. The first-order chi connectivity index (χ1) is 10.1. The van der Waals surface area contributed by atoms with Gasteiger partial charge in [0.25, 0.3) is 0 Å². The van der Waals surface area contributed by atoms with Gasteiger partial charge in [0, 0.05) is 25.0 Å². The van der Waals surface area contributed by atoms with Crippen molar-refractivity contribution >= 4 is 17.3 Å². The number of fused-ring (bicyclic) bond motifs is 1. The third-order valence-corrected chi connectivity index (χ3v) is 4.18. The summed E-state index contributed by atoms with van der Waals surface area (Å²) >= 11 is 0. The summed E-state index contributed by atoms with van der Waals surface area (Å²) in [7, 11) is 1.86. The van der Waals surface area contributed by atoms with Gasteiger partial charge >= 0.3 is 0 Å². The number of hydrogen-bond acceptors (Lipinski definition) is 2. The zero-order valence-corrected chi connectivity index (χ0v) is 12.7. The van der Waals surface area contributed by atoms with Gasteiger partial charge in [0.1, 0.15) is 0 Å². The number of anilines is 2. The van der Waals surface area contributed by atoms with Crippen LogP contribution >= 0.6 is 0 Å². The van der Waals surface area contributed by atoms with Gasteiger partial charge in [-0.05, 0) is 37.1 Å². The van der Waals surface area contributed by atoms with E-state index in [0.717, 1.165) is 22.5 Å². The summed E-state index contributed by atoms with van der Waals surface area (Å²) in [6, 6.07) is 14.2. The Bertz CT molecular complexity index is 693. The lowest BCUT2D eigenvalue weighted by atomic mass is 9.99. The first-order valence-electron chi connectivity index (χ1n) is 7.25. The number of nitrogens with one attached hydrogen (secondary N) is 1. The van der Waals surface area contributed by atoms with E-state index >= 15 is 0 Å². The minimum absolute atomic E-state index is 0.105. The van der Waals surface area contributed by atoms with Crippen molar-refractivity contribution in [1.82, 2.24) is 0 Å². The van der Waals surface area contributed by atoms with Gasteiger partial charge in [-0.25, -0.2) is 0 Å². The lowest BCUT2D eigenvalue weighted by molar-refractivity contribution is -0.119. The van der Waals surface area contributed by atoms with Crippen LogP contribution in [-0.2, 0) is 4.79 Å². The van der Waals surface area contributed by atoms with Crippen molar-refractivity contribution in [2.45, 2.75) is 19.8 Å². The van der Waals surface area contributed by atoms with Crippen molar-refractivity contribution in [3.8, 4) is 0 Å². The molecule has 1 heterocycles. The minimum Gasteiger partial charge on any atom is -0.384 e. The summed E-state index contributed by atoms with van der Waals surface area (Å²) in [6.07, 6.45) is 0. The van der Waals surface area contributed by atoms with E-state index in [0.29, 0.717) is 6.54 Å². The third kappa shape index (κ3) is 2.40. The van der Waals surface area contributed by atoms with Gasteiger partial charge in [-0.1, -0.05) is 35.9 Å².